The highest BCUT2D eigenvalue weighted by molar-refractivity contribution is 6.11. The van der Waals surface area contributed by atoms with Gasteiger partial charge in [0, 0.05) is 21.5 Å². The number of carbonyl (C=O) groups excluding carboxylic acids is 2. The average Bonchev–Trinajstić information content (AvgIpc) is 2.93. The summed E-state index contributed by atoms with van der Waals surface area (Å²) in [6.07, 6.45) is 4.79. The van der Waals surface area contributed by atoms with Crippen molar-refractivity contribution in [3.8, 4) is 11.5 Å². The summed E-state index contributed by atoms with van der Waals surface area (Å²) in [5.41, 5.74) is 0. The van der Waals surface area contributed by atoms with Gasteiger partial charge in [-0.25, -0.2) is 9.59 Å². The fourth-order valence-electron chi connectivity index (χ4n) is 4.38. The van der Waals surface area contributed by atoms with Gasteiger partial charge in [0.15, 0.2) is 12.2 Å². The molecule has 0 saturated carbocycles. The van der Waals surface area contributed by atoms with Crippen molar-refractivity contribution in [2.24, 2.45) is 0 Å². The minimum atomic E-state index is -0.711. The summed E-state index contributed by atoms with van der Waals surface area (Å²) >= 11 is 0. The van der Waals surface area contributed by atoms with E-state index < -0.39 is 12.2 Å². The maximum Gasteiger partial charge on any atom is 0.347 e. The Morgan fingerprint density at radius 1 is 0.579 bits per heavy atom. The number of rotatable bonds is 16. The van der Waals surface area contributed by atoms with Gasteiger partial charge in [0.25, 0.3) is 0 Å². The lowest BCUT2D eigenvalue weighted by atomic mass is 10.00. The van der Waals surface area contributed by atoms with Gasteiger partial charge < -0.3 is 18.9 Å². The fraction of sp³-hybridized carbons (Fsp3) is 0.500. The van der Waals surface area contributed by atoms with Crippen LogP contribution in [0.4, 0.5) is 0 Å². The van der Waals surface area contributed by atoms with Crippen LogP contribution < -0.4 is 9.47 Å². The minimum Gasteiger partial charge on any atom is -0.477 e. The van der Waals surface area contributed by atoms with Crippen LogP contribution in [0, 0.1) is 0 Å². The summed E-state index contributed by atoms with van der Waals surface area (Å²) in [5, 5.41) is 3.27. The zero-order chi connectivity index (χ0) is 27.3. The topological polar surface area (TPSA) is 71.1 Å². The minimum absolute atomic E-state index is 0.341. The molecule has 0 fully saturated rings. The summed E-state index contributed by atoms with van der Waals surface area (Å²) in [7, 11) is 0. The molecule has 3 aromatic rings. The van der Waals surface area contributed by atoms with E-state index in [-0.39, 0.29) is 11.9 Å². The van der Waals surface area contributed by atoms with Crippen LogP contribution in [-0.2, 0) is 19.1 Å². The van der Waals surface area contributed by atoms with Crippen molar-refractivity contribution in [2.75, 3.05) is 13.2 Å². The molecule has 0 aliphatic carbocycles. The molecule has 0 saturated heterocycles. The average molecular weight is 523 g/mol. The molecule has 2 unspecified atom stereocenters. The quantitative estimate of drug-likeness (QED) is 0.109. The molecular formula is C32H42O6. The molecule has 3 rings (SSSR count). The van der Waals surface area contributed by atoms with Crippen molar-refractivity contribution >= 4 is 33.5 Å². The third-order valence-corrected chi connectivity index (χ3v) is 6.46. The summed E-state index contributed by atoms with van der Waals surface area (Å²) in [5.74, 6) is 0.553. The monoisotopic (exact) mass is 522 g/mol. The zero-order valence-corrected chi connectivity index (χ0v) is 23.3. The number of unbranched alkanes of at least 4 members (excludes halogenated alkanes) is 2. The molecule has 0 amide bonds. The molecular weight excluding hydrogens is 480 g/mol. The molecule has 0 bridgehead atoms. The number of carbonyl (C=O) groups is 2. The lowest BCUT2D eigenvalue weighted by Crippen LogP contribution is -2.30. The largest absolute Gasteiger partial charge is 0.477 e. The van der Waals surface area contributed by atoms with Crippen LogP contribution in [0.5, 0.6) is 11.5 Å². The van der Waals surface area contributed by atoms with Crippen molar-refractivity contribution < 1.29 is 28.5 Å². The predicted octanol–water partition coefficient (Wildman–Crippen LogP) is 7.77. The number of hydrogen-bond acceptors (Lipinski definition) is 6. The fourth-order valence-corrected chi connectivity index (χ4v) is 4.38. The van der Waals surface area contributed by atoms with Gasteiger partial charge in [-0.15, -0.1) is 0 Å². The number of ether oxygens (including phenoxy) is 4. The Bertz CT molecular complexity index is 1040. The number of benzene rings is 3. The van der Waals surface area contributed by atoms with Gasteiger partial charge in [-0.05, 0) is 25.7 Å². The van der Waals surface area contributed by atoms with Crippen molar-refractivity contribution in [1.29, 1.82) is 0 Å². The third-order valence-electron chi connectivity index (χ3n) is 6.46. The second-order valence-corrected chi connectivity index (χ2v) is 9.58. The Kier molecular flexibility index (Phi) is 11.7. The Balaban J connectivity index is 2.06. The molecule has 0 aliphatic heterocycles. The number of esters is 2. The first kappa shape index (κ1) is 29.3. The van der Waals surface area contributed by atoms with Crippen LogP contribution in [-0.4, -0.2) is 37.4 Å². The lowest BCUT2D eigenvalue weighted by molar-refractivity contribution is -0.153. The Labute approximate surface area is 226 Å². The van der Waals surface area contributed by atoms with Crippen molar-refractivity contribution in [1.82, 2.24) is 0 Å². The van der Waals surface area contributed by atoms with Gasteiger partial charge in [0.1, 0.15) is 11.5 Å². The van der Waals surface area contributed by atoms with Crippen LogP contribution in [0.1, 0.15) is 79.1 Å². The molecule has 0 aromatic heterocycles. The van der Waals surface area contributed by atoms with E-state index in [9.17, 15) is 9.59 Å². The lowest BCUT2D eigenvalue weighted by Gasteiger charge is -2.24. The molecule has 6 heteroatoms. The maximum atomic E-state index is 12.9. The Morgan fingerprint density at radius 2 is 0.921 bits per heavy atom. The van der Waals surface area contributed by atoms with Crippen LogP contribution in [0.25, 0.3) is 21.5 Å². The zero-order valence-electron chi connectivity index (χ0n) is 23.3. The maximum absolute atomic E-state index is 12.9. The van der Waals surface area contributed by atoms with Gasteiger partial charge in [0.2, 0.25) is 0 Å². The normalized spacial score (nSPS) is 12.7. The van der Waals surface area contributed by atoms with Gasteiger partial charge >= 0.3 is 11.9 Å². The van der Waals surface area contributed by atoms with Crippen molar-refractivity contribution in [2.45, 2.75) is 91.3 Å². The molecule has 3 aromatic carbocycles. The van der Waals surface area contributed by atoms with E-state index in [4.69, 9.17) is 18.9 Å². The highest BCUT2D eigenvalue weighted by Gasteiger charge is 2.27. The molecule has 2 atom stereocenters. The van der Waals surface area contributed by atoms with E-state index in [1.54, 1.807) is 0 Å². The van der Waals surface area contributed by atoms with E-state index in [1.165, 1.54) is 0 Å². The van der Waals surface area contributed by atoms with Gasteiger partial charge in [-0.1, -0.05) is 102 Å². The second kappa shape index (κ2) is 15.2. The van der Waals surface area contributed by atoms with E-state index in [0.29, 0.717) is 37.6 Å². The number of fused-ring (bicyclic) bond motifs is 2. The van der Waals surface area contributed by atoms with Crippen LogP contribution in [0.3, 0.4) is 0 Å². The molecule has 206 valence electrons. The third kappa shape index (κ3) is 7.40. The smallest absolute Gasteiger partial charge is 0.347 e. The van der Waals surface area contributed by atoms with Crippen LogP contribution in [0.2, 0.25) is 0 Å². The van der Waals surface area contributed by atoms with Gasteiger partial charge in [-0.3, -0.25) is 0 Å². The van der Waals surface area contributed by atoms with E-state index in [1.807, 2.05) is 62.4 Å². The summed E-state index contributed by atoms with van der Waals surface area (Å²) < 4.78 is 24.0. The Hall–Kier alpha value is -3.28. The van der Waals surface area contributed by atoms with E-state index >= 15 is 0 Å². The van der Waals surface area contributed by atoms with Crippen LogP contribution in [0.15, 0.2) is 48.5 Å². The van der Waals surface area contributed by atoms with E-state index in [0.717, 1.165) is 60.1 Å². The molecule has 0 spiro atoms. The van der Waals surface area contributed by atoms with Crippen molar-refractivity contribution in [3.63, 3.8) is 0 Å². The highest BCUT2D eigenvalue weighted by atomic mass is 16.6. The molecule has 0 aliphatic rings. The summed E-state index contributed by atoms with van der Waals surface area (Å²) in [6, 6.07) is 15.6. The predicted molar refractivity (Wildman–Crippen MR) is 152 cm³/mol. The first-order valence-corrected chi connectivity index (χ1v) is 14.2. The number of hydrogen-bond donors (Lipinski definition) is 0. The standard InChI is InChI=1S/C32H42O6/c1-5-9-21-35-31(33)27(15-7-3)37-29-23-17-11-13-19-25(23)30(26-20-14-12-18-24(26)29)38-28(16-8-4)32(34)36-22-10-6-2/h11-14,17-20,27-28H,5-10,15-16,21-22H2,1-4H3. The van der Waals surface area contributed by atoms with Gasteiger partial charge in [-0.2, -0.15) is 0 Å². The first-order chi connectivity index (χ1) is 18.5. The molecule has 0 radical (unpaired) electrons. The van der Waals surface area contributed by atoms with Gasteiger partial charge in [0.05, 0.1) is 13.2 Å². The SMILES string of the molecule is CCCCOC(=O)C(CCC)Oc1c2ccccc2c(OC(CCC)C(=O)OCCCC)c2ccccc12. The molecule has 6 nitrogen and oxygen atoms in total. The first-order valence-electron chi connectivity index (χ1n) is 14.2. The molecule has 0 N–H and O–H groups in total. The Morgan fingerprint density at radius 3 is 1.21 bits per heavy atom. The van der Waals surface area contributed by atoms with E-state index in [2.05, 4.69) is 13.8 Å². The highest BCUT2D eigenvalue weighted by Crippen LogP contribution is 2.43. The molecule has 38 heavy (non-hydrogen) atoms. The van der Waals surface area contributed by atoms with Crippen LogP contribution >= 0.6 is 0 Å². The summed E-state index contributed by atoms with van der Waals surface area (Å²) in [4.78, 5) is 25.9. The molecule has 0 heterocycles. The van der Waals surface area contributed by atoms with Crippen molar-refractivity contribution in [3.05, 3.63) is 48.5 Å². The summed E-state index contributed by atoms with van der Waals surface area (Å²) in [6.45, 7) is 8.95. The second-order valence-electron chi connectivity index (χ2n) is 9.58.